The van der Waals surface area contributed by atoms with Gasteiger partial charge in [-0.1, -0.05) is 0 Å². The average Bonchev–Trinajstić information content (AvgIpc) is 2.75. The molecule has 5 heteroatoms. The number of halogens is 1. The molecule has 1 aliphatic carbocycles. The van der Waals surface area contributed by atoms with Crippen LogP contribution in [0.5, 0.6) is 0 Å². The Morgan fingerprint density at radius 2 is 2.14 bits per heavy atom. The largest absolute Gasteiger partial charge is 0.379 e. The Bertz CT molecular complexity index is 342. The molecule has 0 amide bonds. The van der Waals surface area contributed by atoms with Crippen LogP contribution in [0.25, 0.3) is 0 Å². The SMILES string of the molecule is Clc1nnc(C2CC2)n1C1CCOC1. The summed E-state index contributed by atoms with van der Waals surface area (Å²) in [6.45, 7) is 1.57. The number of nitrogens with zero attached hydrogens (tertiary/aromatic N) is 3. The standard InChI is InChI=1S/C9H12ClN3O/c10-9-12-11-8(6-1-2-6)13(9)7-3-4-14-5-7/h6-7H,1-5H2. The highest BCUT2D eigenvalue weighted by Crippen LogP contribution is 2.41. The third-order valence-corrected chi connectivity index (χ3v) is 3.15. The van der Waals surface area contributed by atoms with E-state index in [1.165, 1.54) is 12.8 Å². The lowest BCUT2D eigenvalue weighted by Crippen LogP contribution is -2.12. The molecule has 1 aliphatic heterocycles. The lowest BCUT2D eigenvalue weighted by atomic mass is 10.2. The van der Waals surface area contributed by atoms with Crippen molar-refractivity contribution in [3.8, 4) is 0 Å². The maximum atomic E-state index is 6.03. The molecule has 0 aromatic carbocycles. The molecule has 2 heterocycles. The Kier molecular flexibility index (Phi) is 1.99. The Labute approximate surface area is 87.2 Å². The van der Waals surface area contributed by atoms with Gasteiger partial charge in [-0.2, -0.15) is 0 Å². The van der Waals surface area contributed by atoms with E-state index in [0.717, 1.165) is 25.5 Å². The van der Waals surface area contributed by atoms with E-state index >= 15 is 0 Å². The molecule has 1 aromatic rings. The molecule has 1 aromatic heterocycles. The Morgan fingerprint density at radius 1 is 1.29 bits per heavy atom. The summed E-state index contributed by atoms with van der Waals surface area (Å²) >= 11 is 6.03. The zero-order valence-corrected chi connectivity index (χ0v) is 8.57. The van der Waals surface area contributed by atoms with Crippen LogP contribution >= 0.6 is 11.6 Å². The highest BCUT2D eigenvalue weighted by molar-refractivity contribution is 6.28. The Balaban J connectivity index is 1.96. The molecule has 1 saturated carbocycles. The second-order valence-electron chi connectivity index (χ2n) is 3.99. The first-order valence-electron chi connectivity index (χ1n) is 5.04. The van der Waals surface area contributed by atoms with E-state index in [9.17, 15) is 0 Å². The zero-order valence-electron chi connectivity index (χ0n) is 7.82. The number of ether oxygens (including phenoxy) is 1. The summed E-state index contributed by atoms with van der Waals surface area (Å²) in [6, 6.07) is 0.355. The molecule has 0 bridgehead atoms. The highest BCUT2D eigenvalue weighted by Gasteiger charge is 2.33. The molecule has 4 nitrogen and oxygen atoms in total. The summed E-state index contributed by atoms with van der Waals surface area (Å²) in [7, 11) is 0. The number of hydrogen-bond acceptors (Lipinski definition) is 3. The van der Waals surface area contributed by atoms with Gasteiger partial charge in [0.1, 0.15) is 5.82 Å². The second kappa shape index (κ2) is 3.21. The van der Waals surface area contributed by atoms with Gasteiger partial charge in [0.2, 0.25) is 5.28 Å². The quantitative estimate of drug-likeness (QED) is 0.752. The molecule has 1 unspecified atom stereocenters. The van der Waals surface area contributed by atoms with Crippen molar-refractivity contribution in [3.05, 3.63) is 11.1 Å². The normalized spacial score (nSPS) is 27.1. The molecule has 2 aliphatic rings. The Morgan fingerprint density at radius 3 is 2.79 bits per heavy atom. The van der Waals surface area contributed by atoms with Crippen LogP contribution in [0.4, 0.5) is 0 Å². The molecule has 3 rings (SSSR count). The van der Waals surface area contributed by atoms with Crippen LogP contribution in [-0.4, -0.2) is 28.0 Å². The summed E-state index contributed by atoms with van der Waals surface area (Å²) in [5.41, 5.74) is 0. The first kappa shape index (κ1) is 8.68. The zero-order chi connectivity index (χ0) is 9.54. The molecule has 76 valence electrons. The van der Waals surface area contributed by atoms with Gasteiger partial charge >= 0.3 is 0 Å². The van der Waals surface area contributed by atoms with Crippen molar-refractivity contribution < 1.29 is 4.74 Å². The van der Waals surface area contributed by atoms with Crippen molar-refractivity contribution in [2.45, 2.75) is 31.2 Å². The third kappa shape index (κ3) is 1.33. The minimum absolute atomic E-state index is 0.355. The summed E-state index contributed by atoms with van der Waals surface area (Å²) in [5, 5.41) is 8.61. The predicted octanol–water partition coefficient (Wildman–Crippen LogP) is 1.77. The molecule has 0 N–H and O–H groups in total. The van der Waals surface area contributed by atoms with Crippen LogP contribution in [0.2, 0.25) is 5.28 Å². The number of hydrogen-bond donors (Lipinski definition) is 0. The highest BCUT2D eigenvalue weighted by atomic mass is 35.5. The number of aromatic nitrogens is 3. The van der Waals surface area contributed by atoms with Gasteiger partial charge in [-0.15, -0.1) is 10.2 Å². The van der Waals surface area contributed by atoms with Gasteiger partial charge in [0.05, 0.1) is 12.6 Å². The second-order valence-corrected chi connectivity index (χ2v) is 4.33. The van der Waals surface area contributed by atoms with Gasteiger partial charge in [-0.05, 0) is 30.9 Å². The van der Waals surface area contributed by atoms with Gasteiger partial charge in [-0.3, -0.25) is 4.57 Å². The summed E-state index contributed by atoms with van der Waals surface area (Å²) in [5.74, 6) is 1.65. The van der Waals surface area contributed by atoms with Crippen molar-refractivity contribution >= 4 is 11.6 Å². The van der Waals surface area contributed by atoms with E-state index < -0.39 is 0 Å². The average molecular weight is 214 g/mol. The van der Waals surface area contributed by atoms with Crippen molar-refractivity contribution in [2.75, 3.05) is 13.2 Å². The molecule has 2 fully saturated rings. The van der Waals surface area contributed by atoms with Crippen LogP contribution in [0.3, 0.4) is 0 Å². The third-order valence-electron chi connectivity index (χ3n) is 2.89. The van der Waals surface area contributed by atoms with Gasteiger partial charge in [0, 0.05) is 12.5 Å². The van der Waals surface area contributed by atoms with Gasteiger partial charge in [-0.25, -0.2) is 0 Å². The first-order chi connectivity index (χ1) is 6.86. The maximum Gasteiger partial charge on any atom is 0.225 e. The van der Waals surface area contributed by atoms with Crippen LogP contribution in [-0.2, 0) is 4.74 Å². The summed E-state index contributed by atoms with van der Waals surface area (Å²) in [6.07, 6.45) is 3.47. The minimum Gasteiger partial charge on any atom is -0.379 e. The molecule has 1 atom stereocenters. The molecule has 0 radical (unpaired) electrons. The molecule has 14 heavy (non-hydrogen) atoms. The molecule has 0 spiro atoms. The lowest BCUT2D eigenvalue weighted by Gasteiger charge is -2.12. The fourth-order valence-electron chi connectivity index (χ4n) is 1.97. The van der Waals surface area contributed by atoms with Crippen LogP contribution < -0.4 is 0 Å². The monoisotopic (exact) mass is 213 g/mol. The van der Waals surface area contributed by atoms with E-state index in [-0.39, 0.29) is 0 Å². The fraction of sp³-hybridized carbons (Fsp3) is 0.778. The maximum absolute atomic E-state index is 6.03. The molecular formula is C9H12ClN3O. The van der Waals surface area contributed by atoms with E-state index in [1.807, 2.05) is 0 Å². The van der Waals surface area contributed by atoms with Gasteiger partial charge < -0.3 is 4.74 Å². The molecule has 1 saturated heterocycles. The van der Waals surface area contributed by atoms with Crippen molar-refractivity contribution in [2.24, 2.45) is 0 Å². The van der Waals surface area contributed by atoms with Gasteiger partial charge in [0.25, 0.3) is 0 Å². The van der Waals surface area contributed by atoms with Crippen molar-refractivity contribution in [3.63, 3.8) is 0 Å². The summed E-state index contributed by atoms with van der Waals surface area (Å²) in [4.78, 5) is 0. The van der Waals surface area contributed by atoms with E-state index in [4.69, 9.17) is 16.3 Å². The molecular weight excluding hydrogens is 202 g/mol. The van der Waals surface area contributed by atoms with E-state index in [1.54, 1.807) is 0 Å². The van der Waals surface area contributed by atoms with E-state index in [2.05, 4.69) is 14.8 Å². The van der Waals surface area contributed by atoms with Gasteiger partial charge in [0.15, 0.2) is 0 Å². The fourth-order valence-corrected chi connectivity index (χ4v) is 2.23. The van der Waals surface area contributed by atoms with Crippen LogP contribution in [0, 0.1) is 0 Å². The predicted molar refractivity (Wildman–Crippen MR) is 51.5 cm³/mol. The first-order valence-corrected chi connectivity index (χ1v) is 5.42. The minimum atomic E-state index is 0.355. The van der Waals surface area contributed by atoms with Crippen LogP contribution in [0.1, 0.15) is 37.0 Å². The number of rotatable bonds is 2. The summed E-state index contributed by atoms with van der Waals surface area (Å²) < 4.78 is 7.42. The Hall–Kier alpha value is -0.610. The van der Waals surface area contributed by atoms with Crippen molar-refractivity contribution in [1.82, 2.24) is 14.8 Å². The van der Waals surface area contributed by atoms with E-state index in [0.29, 0.717) is 17.2 Å². The lowest BCUT2D eigenvalue weighted by molar-refractivity contribution is 0.186. The topological polar surface area (TPSA) is 39.9 Å². The smallest absolute Gasteiger partial charge is 0.225 e. The van der Waals surface area contributed by atoms with Crippen LogP contribution in [0.15, 0.2) is 0 Å². The van der Waals surface area contributed by atoms with Crippen molar-refractivity contribution in [1.29, 1.82) is 0 Å².